The molecular formula is C17H17F2NO2S. The van der Waals surface area contributed by atoms with Crippen LogP contribution in [0.2, 0.25) is 0 Å². The van der Waals surface area contributed by atoms with Crippen LogP contribution in [0.4, 0.5) is 8.78 Å². The molecule has 0 amide bonds. The molecule has 0 saturated carbocycles. The fourth-order valence-corrected chi connectivity index (χ4v) is 3.82. The summed E-state index contributed by atoms with van der Waals surface area (Å²) in [4.78, 5) is 13.2. The summed E-state index contributed by atoms with van der Waals surface area (Å²) < 4.78 is 27.5. The van der Waals surface area contributed by atoms with Gasteiger partial charge in [0.15, 0.2) is 0 Å². The lowest BCUT2D eigenvalue weighted by atomic mass is 9.92. The summed E-state index contributed by atoms with van der Waals surface area (Å²) in [7, 11) is 0. The lowest BCUT2D eigenvalue weighted by molar-refractivity contribution is -0.143. The van der Waals surface area contributed by atoms with Crippen molar-refractivity contribution in [3.05, 3.63) is 57.8 Å². The van der Waals surface area contributed by atoms with Crippen LogP contribution in [0.1, 0.15) is 30.0 Å². The number of hydrogen-bond donors (Lipinski definition) is 1. The smallest absolute Gasteiger partial charge is 0.306 e. The SMILES string of the molecule is O=C(O)C1CCN(C(c2ccsc2)c2ccc(F)cc2F)CC1. The average Bonchev–Trinajstić information content (AvgIpc) is 3.04. The highest BCUT2D eigenvalue weighted by atomic mass is 32.1. The highest BCUT2D eigenvalue weighted by Crippen LogP contribution is 2.34. The van der Waals surface area contributed by atoms with Crippen LogP contribution in [0.25, 0.3) is 0 Å². The second-order valence-electron chi connectivity index (χ2n) is 5.77. The molecule has 1 aromatic heterocycles. The van der Waals surface area contributed by atoms with Crippen LogP contribution >= 0.6 is 11.3 Å². The number of aliphatic carboxylic acids is 1. The molecule has 3 rings (SSSR count). The zero-order chi connectivity index (χ0) is 16.4. The van der Waals surface area contributed by atoms with Gasteiger partial charge in [0.25, 0.3) is 0 Å². The third-order valence-corrected chi connectivity index (χ3v) is 5.06. The van der Waals surface area contributed by atoms with Crippen molar-refractivity contribution < 1.29 is 18.7 Å². The van der Waals surface area contributed by atoms with Gasteiger partial charge >= 0.3 is 5.97 Å². The number of likely N-dealkylation sites (tertiary alicyclic amines) is 1. The molecular weight excluding hydrogens is 320 g/mol. The number of nitrogens with zero attached hydrogens (tertiary/aromatic N) is 1. The molecule has 122 valence electrons. The second kappa shape index (κ2) is 6.76. The van der Waals surface area contributed by atoms with Gasteiger partial charge in [0, 0.05) is 11.6 Å². The minimum atomic E-state index is -0.773. The first-order valence-corrected chi connectivity index (χ1v) is 8.44. The quantitative estimate of drug-likeness (QED) is 0.919. The van der Waals surface area contributed by atoms with E-state index in [0.717, 1.165) is 11.6 Å². The Morgan fingerprint density at radius 2 is 2.00 bits per heavy atom. The Kier molecular flexibility index (Phi) is 4.73. The fraction of sp³-hybridized carbons (Fsp3) is 0.353. The molecule has 1 atom stereocenters. The Bertz CT molecular complexity index is 682. The molecule has 1 unspecified atom stereocenters. The summed E-state index contributed by atoms with van der Waals surface area (Å²) in [5, 5.41) is 13.0. The average molecular weight is 337 g/mol. The first kappa shape index (κ1) is 16.1. The van der Waals surface area contributed by atoms with E-state index in [1.165, 1.54) is 23.5 Å². The van der Waals surface area contributed by atoms with Crippen molar-refractivity contribution >= 4 is 17.3 Å². The van der Waals surface area contributed by atoms with Crippen LogP contribution in [0.15, 0.2) is 35.0 Å². The zero-order valence-corrected chi connectivity index (χ0v) is 13.2. The monoisotopic (exact) mass is 337 g/mol. The summed E-state index contributed by atoms with van der Waals surface area (Å²) >= 11 is 1.52. The lowest BCUT2D eigenvalue weighted by Gasteiger charge is -2.36. The number of rotatable bonds is 4. The molecule has 2 heterocycles. The minimum absolute atomic E-state index is 0.309. The highest BCUT2D eigenvalue weighted by Gasteiger charge is 2.31. The normalized spacial score (nSPS) is 18.0. The zero-order valence-electron chi connectivity index (χ0n) is 12.4. The minimum Gasteiger partial charge on any atom is -0.481 e. The molecule has 1 saturated heterocycles. The van der Waals surface area contributed by atoms with E-state index < -0.39 is 17.6 Å². The lowest BCUT2D eigenvalue weighted by Crippen LogP contribution is -2.39. The van der Waals surface area contributed by atoms with Crippen LogP contribution < -0.4 is 0 Å². The van der Waals surface area contributed by atoms with Crippen molar-refractivity contribution in [1.29, 1.82) is 0 Å². The van der Waals surface area contributed by atoms with Gasteiger partial charge in [0.2, 0.25) is 0 Å². The third-order valence-electron chi connectivity index (χ3n) is 4.36. The predicted octanol–water partition coefficient (Wildman–Crippen LogP) is 3.91. The third kappa shape index (κ3) is 3.43. The Hall–Kier alpha value is -1.79. The van der Waals surface area contributed by atoms with Crippen molar-refractivity contribution in [1.82, 2.24) is 4.90 Å². The van der Waals surface area contributed by atoms with Gasteiger partial charge in [-0.1, -0.05) is 6.07 Å². The van der Waals surface area contributed by atoms with Crippen LogP contribution in [0, 0.1) is 17.6 Å². The topological polar surface area (TPSA) is 40.5 Å². The standard InChI is InChI=1S/C17H17F2NO2S/c18-13-1-2-14(15(19)9-13)16(12-5-8-23-10-12)20-6-3-11(4-7-20)17(21)22/h1-2,5,8-11,16H,3-4,6-7H2,(H,21,22). The Morgan fingerprint density at radius 1 is 1.26 bits per heavy atom. The van der Waals surface area contributed by atoms with E-state index in [1.54, 1.807) is 0 Å². The van der Waals surface area contributed by atoms with Gasteiger partial charge in [-0.05, 0) is 54.4 Å². The van der Waals surface area contributed by atoms with Crippen LogP contribution in [-0.2, 0) is 4.79 Å². The number of thiophene rings is 1. The first-order chi connectivity index (χ1) is 11.1. The molecule has 1 fully saturated rings. The Labute approximate surface area is 137 Å². The van der Waals surface area contributed by atoms with Crippen LogP contribution in [0.3, 0.4) is 0 Å². The van der Waals surface area contributed by atoms with E-state index in [1.807, 2.05) is 16.8 Å². The molecule has 3 nitrogen and oxygen atoms in total. The number of piperidine rings is 1. The fourth-order valence-electron chi connectivity index (χ4n) is 3.15. The maximum absolute atomic E-state index is 14.3. The van der Waals surface area contributed by atoms with Crippen molar-refractivity contribution in [3.63, 3.8) is 0 Å². The second-order valence-corrected chi connectivity index (χ2v) is 6.55. The molecule has 2 aromatic rings. The van der Waals surface area contributed by atoms with E-state index in [0.29, 0.717) is 31.5 Å². The predicted molar refractivity (Wildman–Crippen MR) is 84.5 cm³/mol. The van der Waals surface area contributed by atoms with E-state index in [9.17, 15) is 13.6 Å². The molecule has 1 aromatic carbocycles. The van der Waals surface area contributed by atoms with Gasteiger partial charge in [0.1, 0.15) is 11.6 Å². The first-order valence-electron chi connectivity index (χ1n) is 7.50. The Morgan fingerprint density at radius 3 is 2.57 bits per heavy atom. The van der Waals surface area contributed by atoms with Gasteiger partial charge in [-0.15, -0.1) is 0 Å². The van der Waals surface area contributed by atoms with E-state index in [4.69, 9.17) is 5.11 Å². The summed E-state index contributed by atoms with van der Waals surface area (Å²) in [6.07, 6.45) is 1.08. The number of benzene rings is 1. The molecule has 0 aliphatic carbocycles. The van der Waals surface area contributed by atoms with Gasteiger partial charge in [0.05, 0.1) is 12.0 Å². The van der Waals surface area contributed by atoms with Crippen molar-refractivity contribution in [2.45, 2.75) is 18.9 Å². The molecule has 0 spiro atoms. The number of carbonyl (C=O) groups is 1. The highest BCUT2D eigenvalue weighted by molar-refractivity contribution is 7.08. The largest absolute Gasteiger partial charge is 0.481 e. The van der Waals surface area contributed by atoms with E-state index >= 15 is 0 Å². The molecule has 23 heavy (non-hydrogen) atoms. The Balaban J connectivity index is 1.90. The van der Waals surface area contributed by atoms with E-state index in [2.05, 4.69) is 4.90 Å². The van der Waals surface area contributed by atoms with Gasteiger partial charge in [-0.25, -0.2) is 8.78 Å². The van der Waals surface area contributed by atoms with Gasteiger partial charge in [-0.2, -0.15) is 11.3 Å². The van der Waals surface area contributed by atoms with Crippen molar-refractivity contribution in [2.75, 3.05) is 13.1 Å². The van der Waals surface area contributed by atoms with Crippen molar-refractivity contribution in [3.8, 4) is 0 Å². The maximum Gasteiger partial charge on any atom is 0.306 e. The summed E-state index contributed by atoms with van der Waals surface area (Å²) in [6.45, 7) is 1.16. The number of hydrogen-bond acceptors (Lipinski definition) is 3. The molecule has 1 aliphatic heterocycles. The molecule has 0 bridgehead atoms. The summed E-state index contributed by atoms with van der Waals surface area (Å²) in [5.74, 6) is -2.28. The molecule has 1 aliphatic rings. The van der Waals surface area contributed by atoms with Crippen molar-refractivity contribution in [2.24, 2.45) is 5.92 Å². The van der Waals surface area contributed by atoms with Gasteiger partial charge in [-0.3, -0.25) is 9.69 Å². The van der Waals surface area contributed by atoms with Crippen LogP contribution in [0.5, 0.6) is 0 Å². The number of carboxylic acid groups (broad SMARTS) is 1. The summed E-state index contributed by atoms with van der Waals surface area (Å²) in [5.41, 5.74) is 1.38. The summed E-state index contributed by atoms with van der Waals surface area (Å²) in [6, 6.07) is 5.27. The number of carboxylic acids is 1. The molecule has 0 radical (unpaired) electrons. The molecule has 6 heteroatoms. The maximum atomic E-state index is 14.3. The van der Waals surface area contributed by atoms with Gasteiger partial charge < -0.3 is 5.11 Å². The number of halogens is 2. The molecule has 1 N–H and O–H groups in total. The van der Waals surface area contributed by atoms with Crippen LogP contribution in [-0.4, -0.2) is 29.1 Å². The van der Waals surface area contributed by atoms with E-state index in [-0.39, 0.29) is 12.0 Å².